The van der Waals surface area contributed by atoms with Gasteiger partial charge in [-0.1, -0.05) is 159 Å². The van der Waals surface area contributed by atoms with E-state index in [2.05, 4.69) is 188 Å². The Kier molecular flexibility index (Phi) is 7.15. The fraction of sp³-hybridized carbons (Fsp3) is 0.128. The van der Waals surface area contributed by atoms with Crippen LogP contribution in [-0.2, 0) is 0 Å². The molecule has 0 N–H and O–H groups in total. The molecule has 0 amide bonds. The van der Waals surface area contributed by atoms with Crippen molar-refractivity contribution in [2.24, 2.45) is 0 Å². The average molecular weight is 732 g/mol. The van der Waals surface area contributed by atoms with Gasteiger partial charge in [-0.3, -0.25) is 8.97 Å². The summed E-state index contributed by atoms with van der Waals surface area (Å²) in [6.45, 7) is 14.4. The van der Waals surface area contributed by atoms with Crippen LogP contribution in [0, 0.1) is 0 Å². The van der Waals surface area contributed by atoms with Crippen molar-refractivity contribution < 1.29 is 0 Å². The van der Waals surface area contributed by atoms with Crippen LogP contribution in [0.2, 0.25) is 39.3 Å². The quantitative estimate of drug-likeness (QED) is 0.131. The van der Waals surface area contributed by atoms with Gasteiger partial charge >= 0.3 is 0 Å². The van der Waals surface area contributed by atoms with Crippen LogP contribution in [-0.4, -0.2) is 40.1 Å². The third-order valence-corrected chi connectivity index (χ3v) is 15.2. The van der Waals surface area contributed by atoms with Crippen LogP contribution in [0.3, 0.4) is 0 Å². The molecule has 4 heterocycles. The summed E-state index contributed by atoms with van der Waals surface area (Å²) in [4.78, 5) is 16.1. The van der Waals surface area contributed by atoms with Crippen molar-refractivity contribution in [1.29, 1.82) is 0 Å². The van der Waals surface area contributed by atoms with E-state index in [4.69, 9.17) is 15.0 Å². The van der Waals surface area contributed by atoms with E-state index in [1.54, 1.807) is 0 Å². The van der Waals surface area contributed by atoms with Gasteiger partial charge in [-0.05, 0) is 35.7 Å². The molecule has 0 fully saturated rings. The van der Waals surface area contributed by atoms with Crippen LogP contribution >= 0.6 is 0 Å². The Labute approximate surface area is 316 Å². The van der Waals surface area contributed by atoms with E-state index in [-0.39, 0.29) is 0 Å². The maximum Gasteiger partial charge on any atom is 0.235 e. The van der Waals surface area contributed by atoms with Crippen molar-refractivity contribution in [3.05, 3.63) is 140 Å². The number of imidazole rings is 1. The summed E-state index contributed by atoms with van der Waals surface area (Å²) in [6, 6.07) is 50.7. The van der Waals surface area contributed by atoms with Gasteiger partial charge in [0.1, 0.15) is 5.65 Å². The Morgan fingerprint density at radius 3 is 1.59 bits per heavy atom. The number of rotatable bonds is 5. The normalized spacial score (nSPS) is 12.6. The zero-order valence-electron chi connectivity index (χ0n) is 31.5. The van der Waals surface area contributed by atoms with Gasteiger partial charge in [-0.15, -0.1) is 0 Å². The maximum atomic E-state index is 5.46. The summed E-state index contributed by atoms with van der Waals surface area (Å²) in [5.74, 6) is 0.657. The second-order valence-electron chi connectivity index (χ2n) is 16.6. The lowest BCUT2D eigenvalue weighted by Crippen LogP contribution is -2.37. The molecule has 10 rings (SSSR count). The van der Waals surface area contributed by atoms with Gasteiger partial charge in [0, 0.05) is 32.7 Å². The highest BCUT2D eigenvalue weighted by molar-refractivity contribution is 6.89. The summed E-state index contributed by atoms with van der Waals surface area (Å²) in [5.41, 5.74) is 10.3. The van der Waals surface area contributed by atoms with Crippen LogP contribution in [0.25, 0.3) is 88.6 Å². The topological polar surface area (TPSA) is 48.0 Å². The van der Waals surface area contributed by atoms with Crippen molar-refractivity contribution in [3.8, 4) is 28.5 Å². The van der Waals surface area contributed by atoms with E-state index >= 15 is 0 Å². The Bertz CT molecular complexity index is 3030. The molecule has 0 saturated heterocycles. The van der Waals surface area contributed by atoms with Gasteiger partial charge < -0.3 is 0 Å². The number of nitrogens with zero attached hydrogens (tertiary/aromatic N) is 5. The van der Waals surface area contributed by atoms with E-state index in [1.807, 2.05) is 0 Å². The molecule has 0 radical (unpaired) electrons. The molecule has 6 aromatic carbocycles. The summed E-state index contributed by atoms with van der Waals surface area (Å²) >= 11 is 0. The largest absolute Gasteiger partial charge is 0.292 e. The molecule has 4 aromatic heterocycles. The molecule has 0 saturated carbocycles. The Morgan fingerprint density at radius 1 is 0.444 bits per heavy atom. The van der Waals surface area contributed by atoms with Gasteiger partial charge in [0.25, 0.3) is 0 Å². The minimum Gasteiger partial charge on any atom is -0.292 e. The highest BCUT2D eigenvalue weighted by atomic mass is 28.3. The van der Waals surface area contributed by atoms with Crippen molar-refractivity contribution in [3.63, 3.8) is 0 Å². The van der Waals surface area contributed by atoms with Gasteiger partial charge in [-0.25, -0.2) is 15.0 Å². The third-order valence-electron chi connectivity index (χ3n) is 11.1. The number of aromatic nitrogens is 5. The molecule has 7 heteroatoms. The lowest BCUT2D eigenvalue weighted by atomic mass is 10.0. The third kappa shape index (κ3) is 5.06. The van der Waals surface area contributed by atoms with Crippen molar-refractivity contribution in [2.75, 3.05) is 0 Å². The number of hydrogen-bond donors (Lipinski definition) is 0. The SMILES string of the molecule is C[Si](C)(C)c1ccc(-c2cc(-c3ccc([Si](C)(C)C)cc3)nc(-n3c4ccccc4c4ccc5c(c6ccccc6c6nc7ccccc7n56)c43)n2)cc1. The molecule has 0 atom stereocenters. The Hall–Kier alpha value is -5.90. The average Bonchev–Trinajstić information content (AvgIpc) is 3.74. The fourth-order valence-electron chi connectivity index (χ4n) is 8.17. The Morgan fingerprint density at radius 2 is 0.981 bits per heavy atom. The fourth-order valence-corrected chi connectivity index (χ4v) is 10.5. The summed E-state index contributed by atoms with van der Waals surface area (Å²) < 4.78 is 4.64. The van der Waals surface area contributed by atoms with E-state index in [0.29, 0.717) is 5.95 Å². The summed E-state index contributed by atoms with van der Waals surface area (Å²) in [5, 5.41) is 8.63. The van der Waals surface area contributed by atoms with Crippen molar-refractivity contribution in [1.82, 2.24) is 23.9 Å². The minimum absolute atomic E-state index is 0.657. The second kappa shape index (κ2) is 11.8. The molecule has 262 valence electrons. The first-order valence-electron chi connectivity index (χ1n) is 18.8. The molecular weight excluding hydrogens is 691 g/mol. The number of fused-ring (bicyclic) bond motifs is 12. The zero-order valence-corrected chi connectivity index (χ0v) is 33.5. The predicted octanol–water partition coefficient (Wildman–Crippen LogP) is 11.1. The lowest BCUT2D eigenvalue weighted by molar-refractivity contribution is 0.998. The van der Waals surface area contributed by atoms with Crippen LogP contribution in [0.15, 0.2) is 140 Å². The van der Waals surface area contributed by atoms with E-state index in [1.165, 1.54) is 21.1 Å². The number of benzene rings is 6. The first-order chi connectivity index (χ1) is 26.0. The summed E-state index contributed by atoms with van der Waals surface area (Å²) in [6.07, 6.45) is 0. The lowest BCUT2D eigenvalue weighted by Gasteiger charge is -2.18. The van der Waals surface area contributed by atoms with Gasteiger partial charge in [0.05, 0.1) is 55.1 Å². The second-order valence-corrected chi connectivity index (χ2v) is 26.8. The smallest absolute Gasteiger partial charge is 0.235 e. The highest BCUT2D eigenvalue weighted by Gasteiger charge is 2.23. The van der Waals surface area contributed by atoms with Crippen LogP contribution in [0.1, 0.15) is 0 Å². The molecule has 0 bridgehead atoms. The van der Waals surface area contributed by atoms with E-state index in [0.717, 1.165) is 71.9 Å². The first kappa shape index (κ1) is 32.7. The molecule has 0 aliphatic rings. The van der Waals surface area contributed by atoms with Gasteiger partial charge in [0.2, 0.25) is 5.95 Å². The van der Waals surface area contributed by atoms with Crippen molar-refractivity contribution >= 4 is 86.7 Å². The molecular formula is C47H41N5Si2. The Balaban J connectivity index is 1.34. The number of hydrogen-bond acceptors (Lipinski definition) is 3. The summed E-state index contributed by atoms with van der Waals surface area (Å²) in [7, 11) is -2.96. The van der Waals surface area contributed by atoms with E-state index < -0.39 is 16.1 Å². The molecule has 0 aliphatic carbocycles. The highest BCUT2D eigenvalue weighted by Crippen LogP contribution is 2.41. The number of pyridine rings is 1. The van der Waals surface area contributed by atoms with Crippen LogP contribution in [0.5, 0.6) is 0 Å². The van der Waals surface area contributed by atoms with Crippen molar-refractivity contribution in [2.45, 2.75) is 39.3 Å². The molecule has 0 spiro atoms. The minimum atomic E-state index is -1.48. The molecule has 0 aliphatic heterocycles. The number of para-hydroxylation sites is 3. The monoisotopic (exact) mass is 731 g/mol. The molecule has 10 aromatic rings. The molecule has 0 unspecified atom stereocenters. The molecule has 54 heavy (non-hydrogen) atoms. The van der Waals surface area contributed by atoms with Crippen LogP contribution in [0.4, 0.5) is 0 Å². The maximum absolute atomic E-state index is 5.46. The van der Waals surface area contributed by atoms with Crippen LogP contribution < -0.4 is 10.4 Å². The standard InChI is InChI=1S/C47H41N5Si2/c1-53(2,3)32-23-19-30(20-24-32)39-29-40(31-21-25-33(26-22-31)54(4,5)6)50-47(49-39)52-41-17-11-9-13-34(41)36-27-28-43-44(45(36)52)35-14-7-8-15-37(35)46-48-38-16-10-12-18-42(38)51(43)46/h7-29H,1-6H3. The zero-order chi connectivity index (χ0) is 36.9. The van der Waals surface area contributed by atoms with E-state index in [9.17, 15) is 0 Å². The molecule has 5 nitrogen and oxygen atoms in total. The predicted molar refractivity (Wildman–Crippen MR) is 234 cm³/mol. The van der Waals surface area contributed by atoms with Gasteiger partial charge in [-0.2, -0.15) is 0 Å². The first-order valence-corrected chi connectivity index (χ1v) is 25.8. The van der Waals surface area contributed by atoms with Gasteiger partial charge in [0.15, 0.2) is 0 Å².